The maximum atomic E-state index is 12.8. The molecule has 28 heavy (non-hydrogen) atoms. The number of fused-ring (bicyclic) bond motifs is 1. The molecular formula is C20H14F3N3OS. The van der Waals surface area contributed by atoms with Gasteiger partial charge in [0.05, 0.1) is 5.75 Å². The molecule has 0 bridgehead atoms. The smallest absolute Gasteiger partial charge is 0.433 e. The van der Waals surface area contributed by atoms with Gasteiger partial charge in [0.2, 0.25) is 5.89 Å². The number of oxazole rings is 1. The fourth-order valence-corrected chi connectivity index (χ4v) is 3.37. The molecule has 0 spiro atoms. The fourth-order valence-electron chi connectivity index (χ4n) is 2.60. The summed E-state index contributed by atoms with van der Waals surface area (Å²) in [5.41, 5.74) is 2.21. The Labute approximate surface area is 162 Å². The lowest BCUT2D eigenvalue weighted by Crippen LogP contribution is -2.07. The van der Waals surface area contributed by atoms with Gasteiger partial charge >= 0.3 is 6.18 Å². The highest BCUT2D eigenvalue weighted by molar-refractivity contribution is 7.98. The number of nitrogens with one attached hydrogen (secondary N) is 1. The highest BCUT2D eigenvalue weighted by Gasteiger charge is 2.32. The predicted molar refractivity (Wildman–Crippen MR) is 103 cm³/mol. The number of rotatable bonds is 5. The Hall–Kier alpha value is -3.00. The van der Waals surface area contributed by atoms with Crippen LogP contribution in [0.1, 0.15) is 11.6 Å². The van der Waals surface area contributed by atoms with Gasteiger partial charge in [0, 0.05) is 28.5 Å². The van der Waals surface area contributed by atoms with E-state index < -0.39 is 11.9 Å². The van der Waals surface area contributed by atoms with Crippen molar-refractivity contribution in [1.82, 2.24) is 9.97 Å². The van der Waals surface area contributed by atoms with Crippen molar-refractivity contribution >= 4 is 34.2 Å². The Morgan fingerprint density at radius 3 is 2.57 bits per heavy atom. The summed E-state index contributed by atoms with van der Waals surface area (Å²) in [4.78, 5) is 8.21. The van der Waals surface area contributed by atoms with Gasteiger partial charge in [-0.2, -0.15) is 13.2 Å². The van der Waals surface area contributed by atoms with Gasteiger partial charge in [-0.05, 0) is 36.4 Å². The van der Waals surface area contributed by atoms with Crippen LogP contribution < -0.4 is 5.32 Å². The summed E-state index contributed by atoms with van der Waals surface area (Å²) in [6.45, 7) is 0. The molecule has 1 N–H and O–H groups in total. The van der Waals surface area contributed by atoms with E-state index in [2.05, 4.69) is 15.3 Å². The van der Waals surface area contributed by atoms with Crippen LogP contribution in [-0.2, 0) is 11.9 Å². The molecule has 142 valence electrons. The van der Waals surface area contributed by atoms with Crippen molar-refractivity contribution in [2.75, 3.05) is 5.32 Å². The molecule has 0 radical (unpaired) electrons. The van der Waals surface area contributed by atoms with Gasteiger partial charge in [-0.1, -0.05) is 18.2 Å². The van der Waals surface area contributed by atoms with Gasteiger partial charge < -0.3 is 9.73 Å². The number of benzene rings is 2. The van der Waals surface area contributed by atoms with Crippen LogP contribution in [0.15, 0.2) is 76.2 Å². The quantitative estimate of drug-likeness (QED) is 0.399. The molecule has 0 unspecified atom stereocenters. The molecular weight excluding hydrogens is 387 g/mol. The highest BCUT2D eigenvalue weighted by atomic mass is 32.2. The standard InChI is InChI=1S/C20H14F3N3OS/c21-20(22,23)18-11-15(8-9-24-18)28-12-19-26-16-7-6-14(10-17(16)27-19)25-13-4-2-1-3-5-13/h1-11,25H,12H2. The minimum Gasteiger partial charge on any atom is -0.440 e. The number of nitrogens with zero attached hydrogens (tertiary/aromatic N) is 2. The minimum absolute atomic E-state index is 0.317. The van der Waals surface area contributed by atoms with Crippen molar-refractivity contribution in [3.8, 4) is 0 Å². The van der Waals surface area contributed by atoms with E-state index in [4.69, 9.17) is 4.42 Å². The summed E-state index contributed by atoms with van der Waals surface area (Å²) in [6, 6.07) is 17.9. The monoisotopic (exact) mass is 401 g/mol. The van der Waals surface area contributed by atoms with Gasteiger partial charge in [-0.3, -0.25) is 4.98 Å². The summed E-state index contributed by atoms with van der Waals surface area (Å²) in [5.74, 6) is 0.763. The number of alkyl halides is 3. The third-order valence-corrected chi connectivity index (χ3v) is 4.86. The first-order chi connectivity index (χ1) is 13.5. The fraction of sp³-hybridized carbons (Fsp3) is 0.100. The second kappa shape index (κ2) is 7.55. The molecule has 2 heterocycles. The molecule has 0 amide bonds. The lowest BCUT2D eigenvalue weighted by atomic mass is 10.2. The zero-order chi connectivity index (χ0) is 19.6. The average molecular weight is 401 g/mol. The van der Waals surface area contributed by atoms with Crippen LogP contribution in [0.5, 0.6) is 0 Å². The van der Waals surface area contributed by atoms with Crippen LogP contribution >= 0.6 is 11.8 Å². The maximum Gasteiger partial charge on any atom is 0.433 e. The molecule has 0 saturated carbocycles. The van der Waals surface area contributed by atoms with E-state index in [1.165, 1.54) is 17.8 Å². The van der Waals surface area contributed by atoms with Crippen LogP contribution in [-0.4, -0.2) is 9.97 Å². The zero-order valence-electron chi connectivity index (χ0n) is 14.4. The molecule has 4 rings (SSSR count). The lowest BCUT2D eigenvalue weighted by molar-refractivity contribution is -0.141. The molecule has 0 aliphatic carbocycles. The van der Waals surface area contributed by atoms with Crippen molar-refractivity contribution in [3.05, 3.63) is 78.4 Å². The van der Waals surface area contributed by atoms with E-state index >= 15 is 0 Å². The van der Waals surface area contributed by atoms with Crippen LogP contribution in [0.25, 0.3) is 11.1 Å². The Balaban J connectivity index is 1.48. The number of anilines is 2. The summed E-state index contributed by atoms with van der Waals surface area (Å²) in [6.07, 6.45) is -3.31. The topological polar surface area (TPSA) is 51.0 Å². The van der Waals surface area contributed by atoms with Crippen LogP contribution in [0.2, 0.25) is 0 Å². The Kier molecular flexibility index (Phi) is 4.95. The van der Waals surface area contributed by atoms with E-state index in [0.717, 1.165) is 23.6 Å². The summed E-state index contributed by atoms with van der Waals surface area (Å²) >= 11 is 1.21. The van der Waals surface area contributed by atoms with Crippen molar-refractivity contribution in [2.24, 2.45) is 0 Å². The first kappa shape index (κ1) is 18.4. The van der Waals surface area contributed by atoms with Crippen molar-refractivity contribution in [3.63, 3.8) is 0 Å². The molecule has 8 heteroatoms. The largest absolute Gasteiger partial charge is 0.440 e. The lowest BCUT2D eigenvalue weighted by Gasteiger charge is -2.06. The Morgan fingerprint density at radius 2 is 1.79 bits per heavy atom. The number of thioether (sulfide) groups is 1. The van der Waals surface area contributed by atoms with Gasteiger partial charge in [-0.15, -0.1) is 11.8 Å². The summed E-state index contributed by atoms with van der Waals surface area (Å²) < 4.78 is 44.0. The van der Waals surface area contributed by atoms with E-state index in [-0.39, 0.29) is 0 Å². The van der Waals surface area contributed by atoms with Crippen molar-refractivity contribution < 1.29 is 17.6 Å². The van der Waals surface area contributed by atoms with Gasteiger partial charge in [0.25, 0.3) is 0 Å². The number of aromatic nitrogens is 2. The zero-order valence-corrected chi connectivity index (χ0v) is 15.2. The molecule has 4 aromatic rings. The first-order valence-corrected chi connectivity index (χ1v) is 9.33. The van der Waals surface area contributed by atoms with Gasteiger partial charge in [-0.25, -0.2) is 4.98 Å². The second-order valence-electron chi connectivity index (χ2n) is 5.94. The van der Waals surface area contributed by atoms with Crippen molar-refractivity contribution in [2.45, 2.75) is 16.8 Å². The minimum atomic E-state index is -4.46. The molecule has 4 nitrogen and oxygen atoms in total. The molecule has 0 saturated heterocycles. The SMILES string of the molecule is FC(F)(F)c1cc(SCc2nc3ccc(Nc4ccccc4)cc3o2)ccn1. The molecule has 0 atom stereocenters. The van der Waals surface area contributed by atoms with Crippen LogP contribution in [0.3, 0.4) is 0 Å². The van der Waals surface area contributed by atoms with Crippen LogP contribution in [0, 0.1) is 0 Å². The Bertz CT molecular complexity index is 1100. The molecule has 0 aliphatic rings. The third-order valence-electron chi connectivity index (χ3n) is 3.88. The van der Waals surface area contributed by atoms with Crippen LogP contribution in [0.4, 0.5) is 24.5 Å². The highest BCUT2D eigenvalue weighted by Crippen LogP contribution is 2.32. The number of hydrogen-bond acceptors (Lipinski definition) is 5. The van der Waals surface area contributed by atoms with E-state index in [0.29, 0.717) is 27.6 Å². The molecule has 0 aliphatic heterocycles. The molecule has 2 aromatic carbocycles. The molecule has 0 fully saturated rings. The second-order valence-corrected chi connectivity index (χ2v) is 6.99. The summed E-state index contributed by atoms with van der Waals surface area (Å²) in [5, 5.41) is 3.28. The van der Waals surface area contributed by atoms with E-state index in [9.17, 15) is 13.2 Å². The number of pyridine rings is 1. The predicted octanol–water partition coefficient (Wildman–Crippen LogP) is 6.28. The van der Waals surface area contributed by atoms with Crippen molar-refractivity contribution in [1.29, 1.82) is 0 Å². The molecule has 2 aromatic heterocycles. The number of halogens is 3. The van der Waals surface area contributed by atoms with Gasteiger partial charge in [0.1, 0.15) is 11.2 Å². The van der Waals surface area contributed by atoms with Gasteiger partial charge in [0.15, 0.2) is 5.58 Å². The number of hydrogen-bond donors (Lipinski definition) is 1. The maximum absolute atomic E-state index is 12.8. The first-order valence-electron chi connectivity index (χ1n) is 8.35. The summed E-state index contributed by atoms with van der Waals surface area (Å²) in [7, 11) is 0. The average Bonchev–Trinajstić information content (AvgIpc) is 3.09. The van der Waals surface area contributed by atoms with E-state index in [1.54, 1.807) is 0 Å². The third kappa shape index (κ3) is 4.28. The normalized spacial score (nSPS) is 11.7. The number of para-hydroxylation sites is 1. The van der Waals surface area contributed by atoms with E-state index in [1.807, 2.05) is 48.5 Å². The Morgan fingerprint density at radius 1 is 0.964 bits per heavy atom.